The SMILES string of the molecule is CC1CN(C(=O)C(C)(C)N)CC1N1CCOCC1.Cl.Cl. The van der Waals surface area contributed by atoms with Crippen molar-refractivity contribution in [2.45, 2.75) is 32.4 Å². The molecule has 0 aromatic rings. The molecule has 0 radical (unpaired) electrons. The third-order valence-corrected chi connectivity index (χ3v) is 3.93. The molecule has 2 aliphatic heterocycles. The zero-order valence-corrected chi connectivity index (χ0v) is 14.1. The lowest BCUT2D eigenvalue weighted by atomic mass is 10.0. The van der Waals surface area contributed by atoms with E-state index < -0.39 is 5.54 Å². The quantitative estimate of drug-likeness (QED) is 0.813. The minimum atomic E-state index is -0.764. The number of halogens is 2. The van der Waals surface area contributed by atoms with Crippen molar-refractivity contribution in [3.63, 3.8) is 0 Å². The molecule has 0 spiro atoms. The lowest BCUT2D eigenvalue weighted by molar-refractivity contribution is -0.135. The second-order valence-corrected chi connectivity index (χ2v) is 6.12. The molecule has 5 nitrogen and oxygen atoms in total. The number of hydrogen-bond donors (Lipinski definition) is 1. The topological polar surface area (TPSA) is 58.8 Å². The molecule has 1 amide bonds. The van der Waals surface area contributed by atoms with Gasteiger partial charge < -0.3 is 15.4 Å². The fraction of sp³-hybridized carbons (Fsp3) is 0.923. The summed E-state index contributed by atoms with van der Waals surface area (Å²) in [5, 5.41) is 0. The maximum atomic E-state index is 12.2. The van der Waals surface area contributed by atoms with Gasteiger partial charge in [-0.15, -0.1) is 24.8 Å². The van der Waals surface area contributed by atoms with E-state index in [1.54, 1.807) is 13.8 Å². The second kappa shape index (κ2) is 7.80. The number of carbonyl (C=O) groups is 1. The van der Waals surface area contributed by atoms with E-state index in [1.807, 2.05) is 4.90 Å². The molecule has 0 aliphatic carbocycles. The Morgan fingerprint density at radius 1 is 1.20 bits per heavy atom. The van der Waals surface area contributed by atoms with E-state index in [1.165, 1.54) is 0 Å². The van der Waals surface area contributed by atoms with E-state index in [-0.39, 0.29) is 30.7 Å². The van der Waals surface area contributed by atoms with Gasteiger partial charge in [-0.1, -0.05) is 6.92 Å². The van der Waals surface area contributed by atoms with Crippen molar-refractivity contribution in [3.05, 3.63) is 0 Å². The molecule has 2 fully saturated rings. The third kappa shape index (κ3) is 4.46. The summed E-state index contributed by atoms with van der Waals surface area (Å²) in [6.07, 6.45) is 0. The van der Waals surface area contributed by atoms with Gasteiger partial charge in [0.25, 0.3) is 0 Å². The Kier molecular flexibility index (Phi) is 7.77. The Morgan fingerprint density at radius 2 is 1.75 bits per heavy atom. The fourth-order valence-corrected chi connectivity index (χ4v) is 2.91. The smallest absolute Gasteiger partial charge is 0.242 e. The summed E-state index contributed by atoms with van der Waals surface area (Å²) >= 11 is 0. The predicted molar refractivity (Wildman–Crippen MR) is 84.7 cm³/mol. The Labute approximate surface area is 134 Å². The van der Waals surface area contributed by atoms with E-state index in [0.717, 1.165) is 39.4 Å². The van der Waals surface area contributed by atoms with E-state index >= 15 is 0 Å². The molecule has 2 unspecified atom stereocenters. The van der Waals surface area contributed by atoms with Crippen molar-refractivity contribution >= 4 is 30.7 Å². The van der Waals surface area contributed by atoms with Gasteiger partial charge in [-0.05, 0) is 19.8 Å². The normalized spacial score (nSPS) is 27.7. The van der Waals surface area contributed by atoms with Crippen molar-refractivity contribution < 1.29 is 9.53 Å². The average molecular weight is 328 g/mol. The summed E-state index contributed by atoms with van der Waals surface area (Å²) in [5.74, 6) is 0.569. The molecule has 2 saturated heterocycles. The van der Waals surface area contributed by atoms with Gasteiger partial charge in [0.1, 0.15) is 0 Å². The zero-order valence-electron chi connectivity index (χ0n) is 12.5. The van der Waals surface area contributed by atoms with E-state index in [0.29, 0.717) is 12.0 Å². The van der Waals surface area contributed by atoms with Crippen LogP contribution in [-0.2, 0) is 9.53 Å². The number of amides is 1. The Bertz CT molecular complexity index is 317. The Morgan fingerprint density at radius 3 is 2.25 bits per heavy atom. The number of morpholine rings is 1. The maximum absolute atomic E-state index is 12.2. The summed E-state index contributed by atoms with van der Waals surface area (Å²) in [7, 11) is 0. The molecule has 2 N–H and O–H groups in total. The number of rotatable bonds is 2. The molecule has 2 atom stereocenters. The molecule has 2 aliphatic rings. The lowest BCUT2D eigenvalue weighted by Crippen LogP contribution is -2.51. The lowest BCUT2D eigenvalue weighted by Gasteiger charge is -2.34. The Hall–Kier alpha value is -0.0700. The highest BCUT2D eigenvalue weighted by Gasteiger charge is 2.39. The van der Waals surface area contributed by atoms with Gasteiger partial charge in [-0.3, -0.25) is 9.69 Å². The number of carbonyl (C=O) groups excluding carboxylic acids is 1. The van der Waals surface area contributed by atoms with Gasteiger partial charge in [-0.2, -0.15) is 0 Å². The van der Waals surface area contributed by atoms with Crippen molar-refractivity contribution in [3.8, 4) is 0 Å². The third-order valence-electron chi connectivity index (χ3n) is 3.93. The summed E-state index contributed by atoms with van der Waals surface area (Å²) < 4.78 is 5.38. The van der Waals surface area contributed by atoms with Crippen LogP contribution in [0.3, 0.4) is 0 Å². The maximum Gasteiger partial charge on any atom is 0.242 e. The molecule has 120 valence electrons. The number of likely N-dealkylation sites (tertiary alicyclic amines) is 1. The molecule has 20 heavy (non-hydrogen) atoms. The van der Waals surface area contributed by atoms with Crippen molar-refractivity contribution in [2.75, 3.05) is 39.4 Å². The summed E-state index contributed by atoms with van der Waals surface area (Å²) in [6, 6.07) is 0.459. The van der Waals surface area contributed by atoms with Crippen LogP contribution in [0.4, 0.5) is 0 Å². The van der Waals surface area contributed by atoms with Crippen LogP contribution in [0.5, 0.6) is 0 Å². The van der Waals surface area contributed by atoms with Crippen molar-refractivity contribution in [1.82, 2.24) is 9.80 Å². The van der Waals surface area contributed by atoms with Crippen LogP contribution in [0.2, 0.25) is 0 Å². The number of nitrogens with zero attached hydrogens (tertiary/aromatic N) is 2. The van der Waals surface area contributed by atoms with Crippen LogP contribution >= 0.6 is 24.8 Å². The first-order valence-electron chi connectivity index (χ1n) is 6.79. The van der Waals surface area contributed by atoms with Crippen molar-refractivity contribution in [1.29, 1.82) is 0 Å². The van der Waals surface area contributed by atoms with Crippen LogP contribution in [0.25, 0.3) is 0 Å². The molecule has 0 aromatic heterocycles. The average Bonchev–Trinajstić information content (AvgIpc) is 2.70. The van der Waals surface area contributed by atoms with Crippen LogP contribution in [0.15, 0.2) is 0 Å². The van der Waals surface area contributed by atoms with E-state index in [9.17, 15) is 4.79 Å². The highest BCUT2D eigenvalue weighted by molar-refractivity contribution is 5.86. The molecule has 0 bridgehead atoms. The van der Waals surface area contributed by atoms with Crippen LogP contribution in [0.1, 0.15) is 20.8 Å². The first kappa shape index (κ1) is 19.9. The second-order valence-electron chi connectivity index (χ2n) is 6.12. The van der Waals surface area contributed by atoms with E-state index in [2.05, 4.69) is 11.8 Å². The first-order valence-corrected chi connectivity index (χ1v) is 6.79. The summed E-state index contributed by atoms with van der Waals surface area (Å²) in [5.41, 5.74) is 5.14. The van der Waals surface area contributed by atoms with E-state index in [4.69, 9.17) is 10.5 Å². The van der Waals surface area contributed by atoms with Gasteiger partial charge in [-0.25, -0.2) is 0 Å². The van der Waals surface area contributed by atoms with Gasteiger partial charge >= 0.3 is 0 Å². The van der Waals surface area contributed by atoms with Gasteiger partial charge in [0.05, 0.1) is 18.8 Å². The fourth-order valence-electron chi connectivity index (χ4n) is 2.91. The largest absolute Gasteiger partial charge is 0.379 e. The summed E-state index contributed by atoms with van der Waals surface area (Å²) in [4.78, 5) is 16.6. The minimum Gasteiger partial charge on any atom is -0.379 e. The molecule has 0 saturated carbocycles. The summed E-state index contributed by atoms with van der Waals surface area (Å²) in [6.45, 7) is 11.0. The minimum absolute atomic E-state index is 0. The molecular weight excluding hydrogens is 301 g/mol. The molecular formula is C13H27Cl2N3O2. The highest BCUT2D eigenvalue weighted by atomic mass is 35.5. The van der Waals surface area contributed by atoms with Gasteiger partial charge in [0.15, 0.2) is 0 Å². The van der Waals surface area contributed by atoms with Crippen LogP contribution in [-0.4, -0.2) is 66.7 Å². The number of ether oxygens (including phenoxy) is 1. The monoisotopic (exact) mass is 327 g/mol. The standard InChI is InChI=1S/C13H25N3O2.2ClH/c1-10-8-16(12(17)13(2,3)14)9-11(10)15-4-6-18-7-5-15;;/h10-11H,4-9,14H2,1-3H3;2*1H. The van der Waals surface area contributed by atoms with Crippen molar-refractivity contribution in [2.24, 2.45) is 11.7 Å². The molecule has 2 heterocycles. The predicted octanol–water partition coefficient (Wildman–Crippen LogP) is 0.746. The molecule has 0 aromatic carbocycles. The van der Waals surface area contributed by atoms with Gasteiger partial charge in [0, 0.05) is 32.2 Å². The first-order chi connectivity index (χ1) is 8.39. The van der Waals surface area contributed by atoms with Gasteiger partial charge in [0.2, 0.25) is 5.91 Å². The highest BCUT2D eigenvalue weighted by Crippen LogP contribution is 2.24. The molecule has 7 heteroatoms. The molecule has 2 rings (SSSR count). The van der Waals surface area contributed by atoms with Crippen LogP contribution in [0, 0.1) is 5.92 Å². The number of nitrogens with two attached hydrogens (primary N) is 1. The Balaban J connectivity index is 0.00000180. The number of hydrogen-bond acceptors (Lipinski definition) is 4. The zero-order chi connectivity index (χ0) is 13.3. The van der Waals surface area contributed by atoms with Crippen LogP contribution < -0.4 is 5.73 Å².